The van der Waals surface area contributed by atoms with Crippen molar-refractivity contribution < 1.29 is 28.9 Å². The van der Waals surface area contributed by atoms with Crippen LogP contribution in [0.3, 0.4) is 0 Å². The van der Waals surface area contributed by atoms with Crippen molar-refractivity contribution in [3.05, 3.63) is 71.8 Å². The summed E-state index contributed by atoms with van der Waals surface area (Å²) in [5, 5.41) is 16.5. The molecule has 3 N–H and O–H groups in total. The summed E-state index contributed by atoms with van der Waals surface area (Å²) in [6.45, 7) is 8.36. The molecule has 2 bridgehead atoms. The van der Waals surface area contributed by atoms with E-state index in [9.17, 15) is 14.7 Å². The number of hydrogen-bond acceptors (Lipinski definition) is 7. The SMILES string of the molecule is COc1cc2c(O)c(c1)C(=O)Nc1ccccc1OCCN(C(C)(C)C)CCOc1ccccc1NC2=O. The van der Waals surface area contributed by atoms with E-state index in [2.05, 4.69) is 36.3 Å². The Morgan fingerprint density at radius 2 is 1.26 bits per heavy atom. The minimum absolute atomic E-state index is 0.117. The molecule has 0 spiro atoms. The van der Waals surface area contributed by atoms with Crippen molar-refractivity contribution in [3.8, 4) is 23.0 Å². The van der Waals surface area contributed by atoms with Gasteiger partial charge in [0.2, 0.25) is 0 Å². The average molecular weight is 520 g/mol. The number of nitrogens with zero attached hydrogens (tertiary/aromatic N) is 1. The molecule has 0 saturated carbocycles. The van der Waals surface area contributed by atoms with Gasteiger partial charge in [-0.05, 0) is 57.2 Å². The molecule has 2 amide bonds. The summed E-state index contributed by atoms with van der Waals surface area (Å²) in [5.74, 6) is -0.494. The Balaban J connectivity index is 1.75. The topological polar surface area (TPSA) is 109 Å². The summed E-state index contributed by atoms with van der Waals surface area (Å²) in [6.07, 6.45) is 0. The number of aromatic hydroxyl groups is 1. The summed E-state index contributed by atoms with van der Waals surface area (Å²) in [5.41, 5.74) is 0.495. The Morgan fingerprint density at radius 3 is 1.68 bits per heavy atom. The summed E-state index contributed by atoms with van der Waals surface area (Å²) in [7, 11) is 1.42. The molecule has 0 unspecified atom stereocenters. The van der Waals surface area contributed by atoms with Gasteiger partial charge in [0.25, 0.3) is 11.8 Å². The monoisotopic (exact) mass is 519 g/mol. The first kappa shape index (κ1) is 26.8. The molecule has 1 aliphatic rings. The second-order valence-electron chi connectivity index (χ2n) is 9.83. The number of benzene rings is 3. The van der Waals surface area contributed by atoms with E-state index in [0.717, 1.165) is 0 Å². The number of carbonyl (C=O) groups excluding carboxylic acids is 2. The lowest BCUT2D eigenvalue weighted by atomic mass is 10.1. The minimum Gasteiger partial charge on any atom is -0.506 e. The van der Waals surface area contributed by atoms with Crippen molar-refractivity contribution >= 4 is 23.2 Å². The van der Waals surface area contributed by atoms with Gasteiger partial charge in [0.15, 0.2) is 0 Å². The lowest BCUT2D eigenvalue weighted by molar-refractivity contribution is 0.0934. The molecule has 1 aliphatic heterocycles. The number of anilines is 2. The highest BCUT2D eigenvalue weighted by atomic mass is 16.5. The molecule has 0 saturated heterocycles. The van der Waals surface area contributed by atoms with Gasteiger partial charge in [-0.15, -0.1) is 0 Å². The van der Waals surface area contributed by atoms with Crippen molar-refractivity contribution in [3.63, 3.8) is 0 Å². The summed E-state index contributed by atoms with van der Waals surface area (Å²) < 4.78 is 17.4. The number of carbonyl (C=O) groups is 2. The Morgan fingerprint density at radius 1 is 0.816 bits per heavy atom. The van der Waals surface area contributed by atoms with Crippen LogP contribution in [-0.2, 0) is 0 Å². The molecule has 0 fully saturated rings. The largest absolute Gasteiger partial charge is 0.506 e. The molecule has 9 nitrogen and oxygen atoms in total. The number of ether oxygens (including phenoxy) is 3. The number of fused-ring (bicyclic) bond motifs is 4. The van der Waals surface area contributed by atoms with E-state index in [4.69, 9.17) is 14.2 Å². The number of methoxy groups -OCH3 is 1. The number of para-hydroxylation sites is 4. The Hall–Kier alpha value is -4.24. The van der Waals surface area contributed by atoms with E-state index >= 15 is 0 Å². The smallest absolute Gasteiger partial charge is 0.259 e. The predicted molar refractivity (Wildman–Crippen MR) is 146 cm³/mol. The van der Waals surface area contributed by atoms with Crippen LogP contribution in [0.1, 0.15) is 41.5 Å². The zero-order chi connectivity index (χ0) is 27.3. The number of nitrogens with one attached hydrogen (secondary N) is 2. The molecular formula is C29H33N3O6. The molecule has 0 aliphatic carbocycles. The van der Waals surface area contributed by atoms with E-state index in [1.165, 1.54) is 19.2 Å². The van der Waals surface area contributed by atoms with Crippen molar-refractivity contribution in [2.45, 2.75) is 26.3 Å². The van der Waals surface area contributed by atoms with E-state index in [0.29, 0.717) is 49.2 Å². The molecule has 4 rings (SSSR count). The number of hydrogen-bond donors (Lipinski definition) is 3. The highest BCUT2D eigenvalue weighted by Gasteiger charge is 2.24. The molecule has 3 aromatic carbocycles. The molecule has 0 aromatic heterocycles. The maximum atomic E-state index is 13.3. The molecule has 0 radical (unpaired) electrons. The van der Waals surface area contributed by atoms with Crippen molar-refractivity contribution in [2.24, 2.45) is 0 Å². The number of amides is 2. The zero-order valence-corrected chi connectivity index (χ0v) is 22.0. The fourth-order valence-electron chi connectivity index (χ4n) is 4.16. The maximum absolute atomic E-state index is 13.3. The first-order valence-electron chi connectivity index (χ1n) is 12.4. The van der Waals surface area contributed by atoms with Gasteiger partial charge in [-0.1, -0.05) is 24.3 Å². The normalized spacial score (nSPS) is 15.4. The third kappa shape index (κ3) is 6.18. The molecule has 0 atom stereocenters. The van der Waals surface area contributed by atoms with Crippen LogP contribution >= 0.6 is 0 Å². The third-order valence-corrected chi connectivity index (χ3v) is 6.27. The van der Waals surface area contributed by atoms with E-state index in [1.807, 2.05) is 12.1 Å². The van der Waals surface area contributed by atoms with Crippen molar-refractivity contribution in [2.75, 3.05) is 44.0 Å². The van der Waals surface area contributed by atoms with Gasteiger partial charge in [0.1, 0.15) is 36.2 Å². The van der Waals surface area contributed by atoms with Crippen LogP contribution in [0, 0.1) is 0 Å². The van der Waals surface area contributed by atoms with Crippen LogP contribution < -0.4 is 24.8 Å². The number of phenols is 1. The van der Waals surface area contributed by atoms with Crippen LogP contribution in [-0.4, -0.2) is 60.8 Å². The van der Waals surface area contributed by atoms with Gasteiger partial charge < -0.3 is 30.0 Å². The fourth-order valence-corrected chi connectivity index (χ4v) is 4.16. The lowest BCUT2D eigenvalue weighted by Gasteiger charge is -2.35. The maximum Gasteiger partial charge on any atom is 0.259 e. The first-order chi connectivity index (χ1) is 18.2. The van der Waals surface area contributed by atoms with E-state index < -0.39 is 17.6 Å². The molecule has 3 aromatic rings. The van der Waals surface area contributed by atoms with Crippen LogP contribution in [0.5, 0.6) is 23.0 Å². The second-order valence-corrected chi connectivity index (χ2v) is 9.83. The number of phenolic OH excluding ortho intramolecular Hbond substituents is 1. The van der Waals surface area contributed by atoms with Crippen LogP contribution in [0.2, 0.25) is 0 Å². The van der Waals surface area contributed by atoms with Gasteiger partial charge in [-0.3, -0.25) is 14.5 Å². The van der Waals surface area contributed by atoms with Gasteiger partial charge >= 0.3 is 0 Å². The summed E-state index contributed by atoms with van der Waals surface area (Å²) in [4.78, 5) is 28.8. The molecule has 200 valence electrons. The third-order valence-electron chi connectivity index (χ3n) is 6.27. The van der Waals surface area contributed by atoms with Gasteiger partial charge in [0.05, 0.1) is 29.6 Å². The van der Waals surface area contributed by atoms with Crippen molar-refractivity contribution in [1.82, 2.24) is 4.90 Å². The Labute approximate surface area is 222 Å². The summed E-state index contributed by atoms with van der Waals surface area (Å²) >= 11 is 0. The van der Waals surface area contributed by atoms with Crippen molar-refractivity contribution in [1.29, 1.82) is 0 Å². The van der Waals surface area contributed by atoms with E-state index in [1.54, 1.807) is 36.4 Å². The second kappa shape index (κ2) is 11.4. The molecule has 9 heteroatoms. The van der Waals surface area contributed by atoms with Crippen LogP contribution in [0.4, 0.5) is 11.4 Å². The standard InChI is InChI=1S/C29H33N3O6/c1-29(2,3)32-13-15-37-24-11-7-5-9-22(24)30-27(34)20-17-19(36-4)18-21(26(20)33)28(35)31-23-10-6-8-12-25(23)38-16-14-32/h5-12,17-18,33H,13-16H2,1-4H3,(H,30,34)(H,31,35). The lowest BCUT2D eigenvalue weighted by Crippen LogP contribution is -2.45. The Bertz CT molecular complexity index is 1230. The quantitative estimate of drug-likeness (QED) is 0.425. The molecular weight excluding hydrogens is 486 g/mol. The average Bonchev–Trinajstić information content (AvgIpc) is 2.88. The highest BCUT2D eigenvalue weighted by molar-refractivity contribution is 6.13. The van der Waals surface area contributed by atoms with Crippen LogP contribution in [0.25, 0.3) is 0 Å². The zero-order valence-electron chi connectivity index (χ0n) is 22.0. The highest BCUT2D eigenvalue weighted by Crippen LogP contribution is 2.33. The minimum atomic E-state index is -0.618. The number of rotatable bonds is 1. The molecule has 1 heterocycles. The fraction of sp³-hybridized carbons (Fsp3) is 0.310. The van der Waals surface area contributed by atoms with Gasteiger partial charge in [0, 0.05) is 18.6 Å². The predicted octanol–water partition coefficient (Wildman–Crippen LogP) is 4.78. The van der Waals surface area contributed by atoms with E-state index in [-0.39, 0.29) is 22.4 Å². The first-order valence-corrected chi connectivity index (χ1v) is 12.4. The summed E-state index contributed by atoms with van der Waals surface area (Å²) in [6, 6.07) is 16.9. The van der Waals surface area contributed by atoms with Crippen LogP contribution in [0.15, 0.2) is 60.7 Å². The van der Waals surface area contributed by atoms with Gasteiger partial charge in [-0.2, -0.15) is 0 Å². The molecule has 38 heavy (non-hydrogen) atoms. The van der Waals surface area contributed by atoms with Gasteiger partial charge in [-0.25, -0.2) is 0 Å². The Kier molecular flexibility index (Phi) is 8.07.